The number of ether oxygens (including phenoxy) is 2. The Kier molecular flexibility index (Phi) is 7.36. The molecule has 2 saturated carbocycles. The predicted octanol–water partition coefficient (Wildman–Crippen LogP) is 2.53. The van der Waals surface area contributed by atoms with Gasteiger partial charge in [0.15, 0.2) is 5.69 Å². The van der Waals surface area contributed by atoms with E-state index in [0.29, 0.717) is 28.8 Å². The van der Waals surface area contributed by atoms with Gasteiger partial charge in [-0.1, -0.05) is 5.16 Å². The van der Waals surface area contributed by atoms with Crippen molar-refractivity contribution >= 4 is 17.5 Å². The van der Waals surface area contributed by atoms with Crippen LogP contribution in [0.25, 0.3) is 0 Å². The minimum absolute atomic E-state index is 0.0260. The Morgan fingerprint density at radius 3 is 2.53 bits per heavy atom. The zero-order chi connectivity index (χ0) is 26.8. The molecule has 2 aliphatic rings. The van der Waals surface area contributed by atoms with Crippen LogP contribution in [-0.2, 0) is 9.53 Å². The number of aromatic nitrogens is 5. The Morgan fingerprint density at radius 2 is 1.92 bits per heavy atom. The van der Waals surface area contributed by atoms with E-state index in [0.717, 1.165) is 31.9 Å². The molecular weight excluding hydrogens is 497 g/mol. The third-order valence-corrected chi connectivity index (χ3v) is 7.07. The van der Waals surface area contributed by atoms with Crippen LogP contribution in [0, 0.1) is 30.5 Å². The number of carbonyl (C=O) groups excluding carboxylic acids is 2. The van der Waals surface area contributed by atoms with Crippen molar-refractivity contribution in [2.24, 2.45) is 17.8 Å². The van der Waals surface area contributed by atoms with Gasteiger partial charge in [0.1, 0.15) is 23.6 Å². The van der Waals surface area contributed by atoms with Gasteiger partial charge in [-0.15, -0.1) is 0 Å². The molecule has 0 spiro atoms. The summed E-state index contributed by atoms with van der Waals surface area (Å²) >= 11 is 0. The van der Waals surface area contributed by atoms with Crippen molar-refractivity contribution in [3.05, 3.63) is 47.4 Å². The molecule has 2 aliphatic carbocycles. The Bertz CT molecular complexity index is 1290. The smallest absolute Gasteiger partial charge is 0.276 e. The third-order valence-electron chi connectivity index (χ3n) is 7.07. The number of aryl methyl sites for hydroxylation is 1. The van der Waals surface area contributed by atoms with Crippen molar-refractivity contribution in [2.75, 3.05) is 26.1 Å². The molecule has 0 aromatic carbocycles. The van der Waals surface area contributed by atoms with E-state index in [4.69, 9.17) is 9.47 Å². The molecule has 0 bridgehead atoms. The molecule has 0 radical (unpaired) electrons. The minimum Gasteiger partial charge on any atom is -0.481 e. The van der Waals surface area contributed by atoms with Gasteiger partial charge in [0.25, 0.3) is 5.91 Å². The van der Waals surface area contributed by atoms with Crippen molar-refractivity contribution in [1.82, 2.24) is 30.4 Å². The molecule has 3 aromatic rings. The first kappa shape index (κ1) is 25.8. The lowest BCUT2D eigenvalue weighted by Gasteiger charge is -2.27. The number of pyridine rings is 1. The highest BCUT2D eigenvalue weighted by atomic mass is 19.1. The number of hydrogen-bond donors (Lipinski definition) is 2. The number of halogens is 1. The Morgan fingerprint density at radius 1 is 1.18 bits per heavy atom. The second-order valence-electron chi connectivity index (χ2n) is 9.82. The molecule has 3 aromatic heterocycles. The van der Waals surface area contributed by atoms with Crippen LogP contribution in [0.1, 0.15) is 53.5 Å². The number of nitrogens with zero attached hydrogens (tertiary/aromatic N) is 5. The summed E-state index contributed by atoms with van der Waals surface area (Å²) in [5.74, 6) is -0.330. The Hall–Kier alpha value is -3.87. The summed E-state index contributed by atoms with van der Waals surface area (Å²) < 4.78 is 30.9. The molecule has 12 nitrogen and oxygen atoms in total. The first-order valence-electron chi connectivity index (χ1n) is 12.5. The first-order valence-corrected chi connectivity index (χ1v) is 12.5. The van der Waals surface area contributed by atoms with Gasteiger partial charge in [-0.3, -0.25) is 14.3 Å². The van der Waals surface area contributed by atoms with Crippen LogP contribution in [0.2, 0.25) is 0 Å². The normalized spacial score (nSPS) is 16.8. The van der Waals surface area contributed by atoms with Gasteiger partial charge in [-0.2, -0.15) is 5.10 Å². The topological polar surface area (TPSA) is 146 Å². The number of amides is 2. The quantitative estimate of drug-likeness (QED) is 0.363. The lowest BCUT2D eigenvalue weighted by molar-refractivity contribution is -0.119. The van der Waals surface area contributed by atoms with E-state index < -0.39 is 23.8 Å². The van der Waals surface area contributed by atoms with Gasteiger partial charge in [0, 0.05) is 18.9 Å². The average Bonchev–Trinajstić information content (AvgIpc) is 3.83. The number of methoxy groups -OCH3 is 2. The first-order chi connectivity index (χ1) is 18.4. The van der Waals surface area contributed by atoms with Crippen LogP contribution in [0.5, 0.6) is 5.88 Å². The van der Waals surface area contributed by atoms with E-state index in [1.807, 2.05) is 0 Å². The van der Waals surface area contributed by atoms with Gasteiger partial charge in [-0.05, 0) is 61.6 Å². The maximum Gasteiger partial charge on any atom is 0.276 e. The summed E-state index contributed by atoms with van der Waals surface area (Å²) in [6.45, 7) is 1.78. The monoisotopic (exact) mass is 527 g/mol. The molecule has 0 saturated heterocycles. The summed E-state index contributed by atoms with van der Waals surface area (Å²) in [5, 5.41) is 17.5. The van der Waals surface area contributed by atoms with Crippen molar-refractivity contribution in [2.45, 2.75) is 44.7 Å². The minimum atomic E-state index is -0.760. The van der Waals surface area contributed by atoms with Gasteiger partial charge >= 0.3 is 0 Å². The lowest BCUT2D eigenvalue weighted by atomic mass is 9.88. The van der Waals surface area contributed by atoms with Crippen LogP contribution in [-0.4, -0.2) is 63.8 Å². The van der Waals surface area contributed by atoms with E-state index in [2.05, 4.69) is 35.7 Å². The van der Waals surface area contributed by atoms with Crippen LogP contribution in [0.3, 0.4) is 0 Å². The predicted molar refractivity (Wildman–Crippen MR) is 131 cm³/mol. The average molecular weight is 528 g/mol. The molecule has 38 heavy (non-hydrogen) atoms. The molecule has 2 N–H and O–H groups in total. The van der Waals surface area contributed by atoms with Gasteiger partial charge < -0.3 is 20.1 Å². The highest BCUT2D eigenvalue weighted by Crippen LogP contribution is 2.51. The van der Waals surface area contributed by atoms with E-state index in [1.165, 1.54) is 26.5 Å². The molecule has 3 heterocycles. The largest absolute Gasteiger partial charge is 0.481 e. The number of carbonyl (C=O) groups is 2. The van der Waals surface area contributed by atoms with Gasteiger partial charge in [0.05, 0.1) is 31.8 Å². The number of hydrogen-bond acceptors (Lipinski definition) is 9. The fraction of sp³-hybridized carbons (Fsp3) is 0.520. The molecule has 13 heteroatoms. The van der Waals surface area contributed by atoms with E-state index in [1.54, 1.807) is 17.8 Å². The summed E-state index contributed by atoms with van der Waals surface area (Å²) in [7, 11) is 2.97. The number of rotatable bonds is 12. The zero-order valence-corrected chi connectivity index (χ0v) is 21.4. The molecule has 2 fully saturated rings. The maximum atomic E-state index is 14.0. The highest BCUT2D eigenvalue weighted by molar-refractivity contribution is 6.00. The fourth-order valence-electron chi connectivity index (χ4n) is 4.99. The Balaban J connectivity index is 1.37. The zero-order valence-electron chi connectivity index (χ0n) is 21.4. The van der Waals surface area contributed by atoms with Crippen LogP contribution >= 0.6 is 0 Å². The van der Waals surface area contributed by atoms with Crippen molar-refractivity contribution in [3.63, 3.8) is 0 Å². The molecule has 2 unspecified atom stereocenters. The molecule has 5 rings (SSSR count). The van der Waals surface area contributed by atoms with Crippen LogP contribution in [0.4, 0.5) is 10.1 Å². The second kappa shape index (κ2) is 10.9. The molecule has 2 amide bonds. The fourth-order valence-corrected chi connectivity index (χ4v) is 4.99. The molecular formula is C25H30FN7O5. The van der Waals surface area contributed by atoms with Gasteiger partial charge in [0.2, 0.25) is 11.8 Å². The molecule has 0 aliphatic heterocycles. The number of anilines is 1. The lowest BCUT2D eigenvalue weighted by Crippen LogP contribution is -2.50. The molecule has 202 valence electrons. The Labute approximate surface area is 218 Å². The SMILES string of the molecule is COCC(c1cc(F)cnc1OC)n1cc(NC(=O)C(NC(=O)c2nonc2C)C(C2CC2)C2CC2)cn1. The van der Waals surface area contributed by atoms with E-state index in [-0.39, 0.29) is 30.0 Å². The van der Waals surface area contributed by atoms with Crippen LogP contribution < -0.4 is 15.4 Å². The molecule has 2 atom stereocenters. The summed E-state index contributed by atoms with van der Waals surface area (Å²) in [5.41, 5.74) is 1.27. The van der Waals surface area contributed by atoms with E-state index in [9.17, 15) is 14.0 Å². The highest BCUT2D eigenvalue weighted by Gasteiger charge is 2.48. The second-order valence-corrected chi connectivity index (χ2v) is 9.82. The summed E-state index contributed by atoms with van der Waals surface area (Å²) in [4.78, 5) is 30.6. The van der Waals surface area contributed by atoms with Crippen molar-refractivity contribution in [1.29, 1.82) is 0 Å². The van der Waals surface area contributed by atoms with E-state index >= 15 is 0 Å². The summed E-state index contributed by atoms with van der Waals surface area (Å²) in [6.07, 6.45) is 8.32. The van der Waals surface area contributed by atoms with Crippen molar-refractivity contribution in [3.8, 4) is 5.88 Å². The maximum absolute atomic E-state index is 14.0. The third kappa shape index (κ3) is 5.52. The number of nitrogens with one attached hydrogen (secondary N) is 2. The summed E-state index contributed by atoms with van der Waals surface area (Å²) in [6, 6.07) is -0.00526. The van der Waals surface area contributed by atoms with Crippen molar-refractivity contribution < 1.29 is 28.1 Å². The standard InChI is InChI=1S/C25H30FN7O5/c1-13-21(32-38-31-13)23(34)30-22(20(14-4-5-14)15-6-7-15)24(35)29-17-10-28-33(11-17)19(12-36-2)18-8-16(26)9-27-25(18)37-3/h8-11,14-15,19-20,22H,4-7,12H2,1-3H3,(H,29,35)(H,30,34). The van der Waals surface area contributed by atoms with Gasteiger partial charge in [-0.25, -0.2) is 14.0 Å². The van der Waals surface area contributed by atoms with Crippen LogP contribution in [0.15, 0.2) is 29.3 Å².